The van der Waals surface area contributed by atoms with E-state index >= 15 is 0 Å². The molecule has 0 aromatic heterocycles. The number of nitrogens with zero attached hydrogens (tertiary/aromatic N) is 4. The normalized spacial score (nSPS) is 32.0. The standard InChI is InChI=1S/C14H24N4S2/c1-2-6-14(16-12-18-8-4-10-20-18)13(5-1)15-11-17-7-3-9-19-17/h11-14H,1-10H2. The van der Waals surface area contributed by atoms with Crippen molar-refractivity contribution >= 4 is 36.6 Å². The Hall–Kier alpha value is -0.360. The molecule has 6 heteroatoms. The van der Waals surface area contributed by atoms with Gasteiger partial charge in [-0.25, -0.2) is 0 Å². The zero-order valence-electron chi connectivity index (χ0n) is 12.0. The molecule has 4 nitrogen and oxygen atoms in total. The van der Waals surface area contributed by atoms with Gasteiger partial charge in [-0.2, -0.15) is 0 Å². The lowest BCUT2D eigenvalue weighted by atomic mass is 9.91. The molecule has 112 valence electrons. The zero-order chi connectivity index (χ0) is 13.6. The van der Waals surface area contributed by atoms with Gasteiger partial charge >= 0.3 is 0 Å². The Morgan fingerprint density at radius 3 is 1.65 bits per heavy atom. The van der Waals surface area contributed by atoms with Crippen LogP contribution in [0, 0.1) is 0 Å². The van der Waals surface area contributed by atoms with Crippen LogP contribution in [0.15, 0.2) is 9.98 Å². The third-order valence-electron chi connectivity index (χ3n) is 4.03. The molecule has 0 aromatic carbocycles. The van der Waals surface area contributed by atoms with Gasteiger partial charge in [-0.3, -0.25) is 9.98 Å². The van der Waals surface area contributed by atoms with Crippen molar-refractivity contribution in [3.8, 4) is 0 Å². The molecule has 0 radical (unpaired) electrons. The predicted octanol–water partition coefficient (Wildman–Crippen LogP) is 3.06. The summed E-state index contributed by atoms with van der Waals surface area (Å²) in [7, 11) is 0. The summed E-state index contributed by atoms with van der Waals surface area (Å²) in [6, 6.07) is 0.794. The van der Waals surface area contributed by atoms with Crippen LogP contribution in [-0.2, 0) is 0 Å². The minimum Gasteiger partial charge on any atom is -0.307 e. The highest BCUT2D eigenvalue weighted by Gasteiger charge is 2.24. The minimum absolute atomic E-state index is 0.397. The molecular formula is C14H24N4S2. The summed E-state index contributed by atoms with van der Waals surface area (Å²) in [5.74, 6) is 2.48. The Kier molecular flexibility index (Phi) is 5.53. The molecule has 3 rings (SSSR count). The van der Waals surface area contributed by atoms with Gasteiger partial charge in [-0.15, -0.1) is 0 Å². The van der Waals surface area contributed by atoms with Crippen molar-refractivity contribution in [3.63, 3.8) is 0 Å². The van der Waals surface area contributed by atoms with E-state index in [1.54, 1.807) is 0 Å². The lowest BCUT2D eigenvalue weighted by Gasteiger charge is -2.26. The minimum atomic E-state index is 0.397. The molecule has 1 aliphatic carbocycles. The van der Waals surface area contributed by atoms with Gasteiger partial charge in [0, 0.05) is 24.6 Å². The van der Waals surface area contributed by atoms with E-state index < -0.39 is 0 Å². The summed E-state index contributed by atoms with van der Waals surface area (Å²) >= 11 is 3.80. The first-order valence-electron chi connectivity index (χ1n) is 7.77. The highest BCUT2D eigenvalue weighted by atomic mass is 32.2. The predicted molar refractivity (Wildman–Crippen MR) is 90.6 cm³/mol. The van der Waals surface area contributed by atoms with Crippen LogP contribution in [0.4, 0.5) is 0 Å². The maximum Gasteiger partial charge on any atom is 0.0953 e. The van der Waals surface area contributed by atoms with Gasteiger partial charge in [0.05, 0.1) is 24.8 Å². The molecule has 0 spiro atoms. The van der Waals surface area contributed by atoms with Crippen LogP contribution in [0.2, 0.25) is 0 Å². The highest BCUT2D eigenvalue weighted by molar-refractivity contribution is 7.97. The third kappa shape index (κ3) is 4.07. The Bertz CT molecular complexity index is 315. The second kappa shape index (κ2) is 7.59. The van der Waals surface area contributed by atoms with Gasteiger partial charge in [-0.1, -0.05) is 12.8 Å². The molecule has 2 atom stereocenters. The first-order valence-corrected chi connectivity index (χ1v) is 9.66. The van der Waals surface area contributed by atoms with Crippen LogP contribution < -0.4 is 0 Å². The molecule has 0 amide bonds. The van der Waals surface area contributed by atoms with Crippen molar-refractivity contribution in [2.45, 2.75) is 50.6 Å². The fourth-order valence-corrected chi connectivity index (χ4v) is 4.62. The van der Waals surface area contributed by atoms with Gasteiger partial charge in [0.2, 0.25) is 0 Å². The van der Waals surface area contributed by atoms with E-state index in [9.17, 15) is 0 Å². The fraction of sp³-hybridized carbons (Fsp3) is 0.857. The maximum absolute atomic E-state index is 4.83. The first-order chi connectivity index (χ1) is 9.92. The molecular weight excluding hydrogens is 288 g/mol. The van der Waals surface area contributed by atoms with Crippen LogP contribution in [0.3, 0.4) is 0 Å². The van der Waals surface area contributed by atoms with Gasteiger partial charge < -0.3 is 8.61 Å². The molecule has 0 aromatic rings. The van der Waals surface area contributed by atoms with E-state index in [0.29, 0.717) is 12.1 Å². The SMILES string of the molecule is C(=NC1CCCCC1N=CN1CCCS1)N1CCCS1. The Morgan fingerprint density at radius 2 is 1.25 bits per heavy atom. The van der Waals surface area contributed by atoms with Crippen LogP contribution in [-0.4, -0.2) is 58.0 Å². The monoisotopic (exact) mass is 312 g/mol. The van der Waals surface area contributed by atoms with Crippen LogP contribution in [0.5, 0.6) is 0 Å². The number of aliphatic imine (C=N–C) groups is 2. The molecule has 2 aliphatic heterocycles. The lowest BCUT2D eigenvalue weighted by Crippen LogP contribution is -2.29. The molecule has 3 fully saturated rings. The number of rotatable bonds is 4. The molecule has 20 heavy (non-hydrogen) atoms. The second-order valence-corrected chi connectivity index (χ2v) is 7.87. The Labute approximate surface area is 130 Å². The quantitative estimate of drug-likeness (QED) is 0.453. The van der Waals surface area contributed by atoms with Gasteiger partial charge in [0.1, 0.15) is 0 Å². The Balaban J connectivity index is 1.55. The van der Waals surface area contributed by atoms with Gasteiger partial charge in [0.25, 0.3) is 0 Å². The average Bonchev–Trinajstić information content (AvgIpc) is 3.17. The van der Waals surface area contributed by atoms with Crippen molar-refractivity contribution in [2.24, 2.45) is 9.98 Å². The second-order valence-electron chi connectivity index (χ2n) is 5.60. The summed E-state index contributed by atoms with van der Waals surface area (Å²) in [4.78, 5) is 9.67. The zero-order valence-corrected chi connectivity index (χ0v) is 13.6. The number of hydrogen-bond acceptors (Lipinski definition) is 4. The van der Waals surface area contributed by atoms with Crippen LogP contribution in [0.1, 0.15) is 38.5 Å². The van der Waals surface area contributed by atoms with E-state index in [4.69, 9.17) is 9.98 Å². The molecule has 0 bridgehead atoms. The summed E-state index contributed by atoms with van der Waals surface area (Å²) in [5.41, 5.74) is 0. The van der Waals surface area contributed by atoms with Crippen molar-refractivity contribution < 1.29 is 0 Å². The maximum atomic E-state index is 4.83. The van der Waals surface area contributed by atoms with Crippen LogP contribution >= 0.6 is 23.9 Å². The lowest BCUT2D eigenvalue weighted by molar-refractivity contribution is 0.386. The molecule has 3 aliphatic rings. The van der Waals surface area contributed by atoms with Crippen molar-refractivity contribution in [1.82, 2.24) is 8.61 Å². The largest absolute Gasteiger partial charge is 0.307 e. The van der Waals surface area contributed by atoms with Gasteiger partial charge in [0.15, 0.2) is 0 Å². The Morgan fingerprint density at radius 1 is 0.750 bits per heavy atom. The van der Waals surface area contributed by atoms with E-state index in [0.717, 1.165) is 13.1 Å². The molecule has 0 N–H and O–H groups in total. The van der Waals surface area contributed by atoms with E-state index in [1.807, 2.05) is 23.9 Å². The van der Waals surface area contributed by atoms with Crippen molar-refractivity contribution in [3.05, 3.63) is 0 Å². The van der Waals surface area contributed by atoms with E-state index in [1.165, 1.54) is 50.0 Å². The van der Waals surface area contributed by atoms with Crippen molar-refractivity contribution in [2.75, 3.05) is 24.6 Å². The summed E-state index contributed by atoms with van der Waals surface area (Å²) in [6.07, 6.45) is 11.7. The topological polar surface area (TPSA) is 31.2 Å². The molecule has 2 saturated heterocycles. The summed E-state index contributed by atoms with van der Waals surface area (Å²) in [6.45, 7) is 2.30. The van der Waals surface area contributed by atoms with E-state index in [2.05, 4.69) is 21.3 Å². The van der Waals surface area contributed by atoms with Crippen molar-refractivity contribution in [1.29, 1.82) is 0 Å². The smallest absolute Gasteiger partial charge is 0.0953 e. The summed E-state index contributed by atoms with van der Waals surface area (Å²) < 4.78 is 4.57. The number of hydrogen-bond donors (Lipinski definition) is 0. The summed E-state index contributed by atoms with van der Waals surface area (Å²) in [5, 5.41) is 0. The highest BCUT2D eigenvalue weighted by Crippen LogP contribution is 2.25. The average molecular weight is 313 g/mol. The molecule has 1 saturated carbocycles. The fourth-order valence-electron chi connectivity index (χ4n) is 2.88. The third-order valence-corrected chi connectivity index (χ3v) is 6.19. The van der Waals surface area contributed by atoms with E-state index in [-0.39, 0.29) is 0 Å². The first kappa shape index (κ1) is 14.6. The van der Waals surface area contributed by atoms with Crippen LogP contribution in [0.25, 0.3) is 0 Å². The van der Waals surface area contributed by atoms with Gasteiger partial charge in [-0.05, 0) is 49.6 Å². The molecule has 2 heterocycles. The molecule has 2 unspecified atom stereocenters.